The molecule has 1 aliphatic rings. The zero-order valence-electron chi connectivity index (χ0n) is 11.6. The summed E-state index contributed by atoms with van der Waals surface area (Å²) >= 11 is 0. The molecule has 1 saturated carbocycles. The number of aromatic nitrogens is 2. The van der Waals surface area contributed by atoms with Crippen molar-refractivity contribution in [1.82, 2.24) is 10.1 Å². The van der Waals surface area contributed by atoms with Crippen LogP contribution in [0.5, 0.6) is 0 Å². The van der Waals surface area contributed by atoms with Crippen LogP contribution in [0.3, 0.4) is 0 Å². The van der Waals surface area contributed by atoms with Gasteiger partial charge in [0.2, 0.25) is 5.89 Å². The van der Waals surface area contributed by atoms with E-state index >= 15 is 0 Å². The molecule has 0 saturated heterocycles. The molecule has 18 heavy (non-hydrogen) atoms. The Morgan fingerprint density at radius 2 is 2.17 bits per heavy atom. The van der Waals surface area contributed by atoms with Crippen LogP contribution >= 0.6 is 0 Å². The third-order valence-corrected chi connectivity index (χ3v) is 3.59. The van der Waals surface area contributed by atoms with E-state index in [1.54, 1.807) is 20.8 Å². The van der Waals surface area contributed by atoms with Gasteiger partial charge in [0.25, 0.3) is 0 Å². The number of hydrogen-bond donors (Lipinski definition) is 0. The summed E-state index contributed by atoms with van der Waals surface area (Å²) in [5.74, 6) is 1.04. The van der Waals surface area contributed by atoms with Crippen molar-refractivity contribution in [3.8, 4) is 0 Å². The predicted octanol–water partition coefficient (Wildman–Crippen LogP) is 2.42. The number of ether oxygens (including phenoxy) is 1. The van der Waals surface area contributed by atoms with Crippen LogP contribution in [-0.4, -0.2) is 22.7 Å². The number of carbonyl (C=O) groups is 1. The molecule has 1 fully saturated rings. The van der Waals surface area contributed by atoms with Gasteiger partial charge in [0.1, 0.15) is 5.41 Å². The Labute approximate surface area is 107 Å². The highest BCUT2D eigenvalue weighted by Crippen LogP contribution is 2.57. The van der Waals surface area contributed by atoms with E-state index in [2.05, 4.69) is 24.0 Å². The molecule has 5 nitrogen and oxygen atoms in total. The second-order valence-electron chi connectivity index (χ2n) is 6.05. The first-order chi connectivity index (χ1) is 8.29. The first-order valence-corrected chi connectivity index (χ1v) is 6.30. The van der Waals surface area contributed by atoms with Gasteiger partial charge in [-0.25, -0.2) is 0 Å². The van der Waals surface area contributed by atoms with E-state index in [1.807, 2.05) is 0 Å². The minimum atomic E-state index is -0.889. The average molecular weight is 252 g/mol. The fraction of sp³-hybridized carbons (Fsp3) is 0.769. The molecule has 1 atom stereocenters. The Morgan fingerprint density at radius 1 is 1.56 bits per heavy atom. The van der Waals surface area contributed by atoms with Crippen molar-refractivity contribution in [2.75, 3.05) is 6.61 Å². The van der Waals surface area contributed by atoms with E-state index in [0.29, 0.717) is 24.2 Å². The Bertz CT molecular complexity index is 463. The normalized spacial score (nSPS) is 21.7. The molecule has 1 aromatic rings. The lowest BCUT2D eigenvalue weighted by molar-refractivity contribution is -0.149. The van der Waals surface area contributed by atoms with Gasteiger partial charge in [-0.15, -0.1) is 0 Å². The molecule has 100 valence electrons. The second-order valence-corrected chi connectivity index (χ2v) is 6.05. The average Bonchev–Trinajstić information content (AvgIpc) is 2.75. The predicted molar refractivity (Wildman–Crippen MR) is 65.1 cm³/mol. The zero-order chi connectivity index (χ0) is 13.6. The van der Waals surface area contributed by atoms with E-state index in [1.165, 1.54) is 0 Å². The summed E-state index contributed by atoms with van der Waals surface area (Å²) in [4.78, 5) is 16.2. The lowest BCUT2D eigenvalue weighted by Gasteiger charge is -2.17. The molecule has 5 heteroatoms. The van der Waals surface area contributed by atoms with Gasteiger partial charge in [-0.1, -0.05) is 19.0 Å². The van der Waals surface area contributed by atoms with E-state index in [0.717, 1.165) is 6.42 Å². The third kappa shape index (κ3) is 2.13. The summed E-state index contributed by atoms with van der Waals surface area (Å²) < 4.78 is 10.3. The van der Waals surface area contributed by atoms with Crippen molar-refractivity contribution in [2.24, 2.45) is 5.41 Å². The van der Waals surface area contributed by atoms with Crippen molar-refractivity contribution in [3.63, 3.8) is 0 Å². The smallest absolute Gasteiger partial charge is 0.321 e. The van der Waals surface area contributed by atoms with Gasteiger partial charge in [0.05, 0.1) is 6.61 Å². The summed E-state index contributed by atoms with van der Waals surface area (Å²) in [7, 11) is 0. The molecule has 0 spiro atoms. The third-order valence-electron chi connectivity index (χ3n) is 3.59. The molecule has 0 radical (unpaired) electrons. The van der Waals surface area contributed by atoms with Crippen LogP contribution in [0.25, 0.3) is 0 Å². The van der Waals surface area contributed by atoms with Crippen molar-refractivity contribution >= 4 is 5.97 Å². The van der Waals surface area contributed by atoms with Crippen LogP contribution in [0.2, 0.25) is 0 Å². The van der Waals surface area contributed by atoms with Crippen molar-refractivity contribution < 1.29 is 14.1 Å². The summed E-state index contributed by atoms with van der Waals surface area (Å²) in [6.45, 7) is 9.94. The topological polar surface area (TPSA) is 65.2 Å². The van der Waals surface area contributed by atoms with Gasteiger partial charge in [-0.3, -0.25) is 4.79 Å². The molecule has 1 aromatic heterocycles. The maximum Gasteiger partial charge on any atom is 0.321 e. The van der Waals surface area contributed by atoms with Crippen molar-refractivity contribution in [1.29, 1.82) is 0 Å². The first kappa shape index (κ1) is 13.1. The van der Waals surface area contributed by atoms with Crippen LogP contribution in [-0.2, 0) is 14.9 Å². The quantitative estimate of drug-likeness (QED) is 0.770. The Morgan fingerprint density at radius 3 is 2.67 bits per heavy atom. The van der Waals surface area contributed by atoms with E-state index in [9.17, 15) is 4.79 Å². The Balaban J connectivity index is 2.17. The first-order valence-electron chi connectivity index (χ1n) is 6.30. The summed E-state index contributed by atoms with van der Waals surface area (Å²) in [6.07, 6.45) is 1.06. The van der Waals surface area contributed by atoms with Crippen LogP contribution in [0, 0.1) is 5.41 Å². The van der Waals surface area contributed by atoms with Crippen LogP contribution < -0.4 is 0 Å². The molecule has 0 aromatic carbocycles. The van der Waals surface area contributed by atoms with Gasteiger partial charge in [-0.2, -0.15) is 4.98 Å². The van der Waals surface area contributed by atoms with E-state index in [4.69, 9.17) is 9.26 Å². The Kier molecular flexibility index (Phi) is 2.95. The van der Waals surface area contributed by atoms with Crippen LogP contribution in [0.15, 0.2) is 4.52 Å². The Hall–Kier alpha value is -1.39. The minimum absolute atomic E-state index is 0.245. The van der Waals surface area contributed by atoms with Crippen molar-refractivity contribution in [2.45, 2.75) is 52.4 Å². The van der Waals surface area contributed by atoms with Crippen molar-refractivity contribution in [3.05, 3.63) is 11.7 Å². The SMILES string of the molecule is CCOC(=O)C(C)(C)c1nc(C2CC2(C)C)no1. The molecule has 1 heterocycles. The number of carbonyl (C=O) groups excluding carboxylic acids is 1. The molecule has 0 bridgehead atoms. The highest BCUT2D eigenvalue weighted by Gasteiger charge is 2.50. The number of esters is 1. The van der Waals surface area contributed by atoms with Gasteiger partial charge in [0, 0.05) is 5.92 Å². The zero-order valence-corrected chi connectivity index (χ0v) is 11.6. The fourth-order valence-corrected chi connectivity index (χ4v) is 1.94. The minimum Gasteiger partial charge on any atom is -0.465 e. The molecule has 0 N–H and O–H groups in total. The van der Waals surface area contributed by atoms with E-state index < -0.39 is 5.41 Å². The monoisotopic (exact) mass is 252 g/mol. The molecule has 0 aliphatic heterocycles. The van der Waals surface area contributed by atoms with Gasteiger partial charge < -0.3 is 9.26 Å². The molecule has 1 aliphatic carbocycles. The summed E-state index contributed by atoms with van der Waals surface area (Å²) in [6, 6.07) is 0. The lowest BCUT2D eigenvalue weighted by Crippen LogP contribution is -2.31. The lowest BCUT2D eigenvalue weighted by atomic mass is 9.94. The molecule has 0 amide bonds. The second kappa shape index (κ2) is 4.07. The van der Waals surface area contributed by atoms with E-state index in [-0.39, 0.29) is 11.4 Å². The summed E-state index contributed by atoms with van der Waals surface area (Å²) in [5.41, 5.74) is -0.643. The molecule has 2 rings (SSSR count). The van der Waals surface area contributed by atoms with Crippen LogP contribution in [0.1, 0.15) is 58.7 Å². The highest BCUT2D eigenvalue weighted by molar-refractivity contribution is 5.80. The fourth-order valence-electron chi connectivity index (χ4n) is 1.94. The molecular weight excluding hydrogens is 232 g/mol. The number of nitrogens with zero attached hydrogens (tertiary/aromatic N) is 2. The van der Waals surface area contributed by atoms with Gasteiger partial charge in [-0.05, 0) is 32.6 Å². The number of rotatable bonds is 4. The summed E-state index contributed by atoms with van der Waals surface area (Å²) in [5, 5.41) is 3.99. The maximum atomic E-state index is 11.8. The highest BCUT2D eigenvalue weighted by atomic mass is 16.5. The molecule has 1 unspecified atom stereocenters. The standard InChI is InChI=1S/C13H20N2O3/c1-6-17-11(16)13(4,5)10-14-9(15-18-10)8-7-12(8,2)3/h8H,6-7H2,1-5H3. The maximum absolute atomic E-state index is 11.8. The largest absolute Gasteiger partial charge is 0.465 e. The van der Waals surface area contributed by atoms with Gasteiger partial charge in [0.15, 0.2) is 5.82 Å². The van der Waals surface area contributed by atoms with Gasteiger partial charge >= 0.3 is 5.97 Å². The number of hydrogen-bond acceptors (Lipinski definition) is 5. The van der Waals surface area contributed by atoms with Crippen LogP contribution in [0.4, 0.5) is 0 Å². The molecular formula is C13H20N2O3.